The molecule has 9 heteroatoms. The molecule has 9 nitrogen and oxygen atoms in total. The van der Waals surface area contributed by atoms with Gasteiger partial charge in [-0.25, -0.2) is 4.79 Å². The van der Waals surface area contributed by atoms with Crippen molar-refractivity contribution in [2.75, 3.05) is 21.3 Å². The number of aryl methyl sites for hydroxylation is 1. The van der Waals surface area contributed by atoms with Crippen molar-refractivity contribution in [3.05, 3.63) is 85.7 Å². The van der Waals surface area contributed by atoms with Crippen LogP contribution in [0.15, 0.2) is 58.9 Å². The number of nitrogens with one attached hydrogen (secondary N) is 1. The lowest BCUT2D eigenvalue weighted by Gasteiger charge is -2.36. The van der Waals surface area contributed by atoms with E-state index in [4.69, 9.17) is 14.2 Å². The molecule has 1 aliphatic heterocycles. The molecule has 0 aromatic heterocycles. The molecule has 36 heavy (non-hydrogen) atoms. The monoisotopic (exact) mass is 492 g/mol. The first-order valence-corrected chi connectivity index (χ1v) is 11.5. The van der Waals surface area contributed by atoms with Crippen LogP contribution < -0.4 is 14.8 Å². The average molecular weight is 493 g/mol. The van der Waals surface area contributed by atoms with Gasteiger partial charge in [0.1, 0.15) is 0 Å². The van der Waals surface area contributed by atoms with Crippen molar-refractivity contribution in [3.63, 3.8) is 0 Å². The molecule has 1 aliphatic carbocycles. The quantitative estimate of drug-likeness (QED) is 0.357. The summed E-state index contributed by atoms with van der Waals surface area (Å²) in [6.07, 6.45) is 0.737. The van der Waals surface area contributed by atoms with Crippen LogP contribution in [0.25, 0.3) is 0 Å². The molecule has 0 bridgehead atoms. The van der Waals surface area contributed by atoms with Gasteiger partial charge in [-0.15, -0.1) is 0 Å². The zero-order valence-corrected chi connectivity index (χ0v) is 20.8. The zero-order valence-electron chi connectivity index (χ0n) is 20.8. The largest absolute Gasteiger partial charge is 0.493 e. The highest BCUT2D eigenvalue weighted by molar-refractivity contribution is 6.04. The van der Waals surface area contributed by atoms with E-state index in [1.165, 1.54) is 13.2 Å². The molecule has 1 heterocycles. The van der Waals surface area contributed by atoms with Crippen molar-refractivity contribution < 1.29 is 28.7 Å². The van der Waals surface area contributed by atoms with Crippen LogP contribution >= 0.6 is 0 Å². The van der Waals surface area contributed by atoms with E-state index in [0.717, 1.165) is 5.56 Å². The molecule has 0 fully saturated rings. The maximum Gasteiger partial charge on any atom is 0.336 e. The number of rotatable bonds is 6. The SMILES string of the molecule is COC(=O)C1=C(C)NC2=C(C(=O)C[C@@H](c3ccc(OC)c(OC)c3)C2)[C@H]1c1ccc(C)c([N+](=O)[O-])c1. The molecule has 2 aromatic carbocycles. The number of dihydropyridines is 1. The van der Waals surface area contributed by atoms with Crippen LogP contribution in [-0.2, 0) is 14.3 Å². The van der Waals surface area contributed by atoms with Gasteiger partial charge in [0, 0.05) is 40.9 Å². The number of Topliss-reactive ketones (excluding diaryl/α,β-unsaturated/α-hetero) is 1. The van der Waals surface area contributed by atoms with Crippen molar-refractivity contribution in [1.29, 1.82) is 0 Å². The van der Waals surface area contributed by atoms with Gasteiger partial charge in [0.2, 0.25) is 0 Å². The predicted molar refractivity (Wildman–Crippen MR) is 132 cm³/mol. The van der Waals surface area contributed by atoms with Crippen LogP contribution in [0.3, 0.4) is 0 Å². The summed E-state index contributed by atoms with van der Waals surface area (Å²) in [6, 6.07) is 10.4. The number of ether oxygens (including phenoxy) is 3. The minimum absolute atomic E-state index is 0.0680. The molecular weight excluding hydrogens is 464 g/mol. The van der Waals surface area contributed by atoms with Crippen molar-refractivity contribution in [2.45, 2.75) is 38.5 Å². The first kappa shape index (κ1) is 25.0. The van der Waals surface area contributed by atoms with Crippen LogP contribution in [-0.4, -0.2) is 38.0 Å². The summed E-state index contributed by atoms with van der Waals surface area (Å²) in [5, 5.41) is 14.9. The van der Waals surface area contributed by atoms with Crippen molar-refractivity contribution in [1.82, 2.24) is 5.32 Å². The number of hydrogen-bond donors (Lipinski definition) is 1. The number of allylic oxidation sites excluding steroid dienone is 3. The zero-order chi connectivity index (χ0) is 26.1. The molecule has 2 aliphatic rings. The molecule has 2 aromatic rings. The summed E-state index contributed by atoms with van der Waals surface area (Å²) in [4.78, 5) is 37.7. The lowest BCUT2D eigenvalue weighted by atomic mass is 9.71. The van der Waals surface area contributed by atoms with Gasteiger partial charge in [-0.1, -0.05) is 18.2 Å². The molecule has 0 saturated heterocycles. The third-order valence-electron chi connectivity index (χ3n) is 6.88. The standard InChI is InChI=1S/C27H28N2O7/c1-14-6-7-17(11-20(14)29(32)33)25-24(27(31)36-5)15(2)28-19-10-18(12-21(30)26(19)25)16-8-9-22(34-3)23(13-16)35-4/h6-9,11,13,18,25,28H,10,12H2,1-5H3/t18-,25-/m0/s1. The highest BCUT2D eigenvalue weighted by Gasteiger charge is 2.41. The smallest absolute Gasteiger partial charge is 0.336 e. The maximum absolute atomic E-state index is 13.7. The second-order valence-corrected chi connectivity index (χ2v) is 8.93. The molecule has 0 amide bonds. The van der Waals surface area contributed by atoms with E-state index in [2.05, 4.69) is 5.32 Å². The number of nitro benzene ring substituents is 1. The van der Waals surface area contributed by atoms with Crippen molar-refractivity contribution >= 4 is 17.4 Å². The fourth-order valence-electron chi connectivity index (χ4n) is 5.10. The number of esters is 1. The van der Waals surface area contributed by atoms with Gasteiger partial charge >= 0.3 is 5.97 Å². The van der Waals surface area contributed by atoms with E-state index in [-0.39, 0.29) is 29.4 Å². The Balaban J connectivity index is 1.82. The third-order valence-corrected chi connectivity index (χ3v) is 6.88. The second kappa shape index (κ2) is 9.85. The summed E-state index contributed by atoms with van der Waals surface area (Å²) >= 11 is 0. The molecule has 0 spiro atoms. The molecule has 2 atom stereocenters. The number of methoxy groups -OCH3 is 3. The van der Waals surface area contributed by atoms with Crippen LogP contribution in [0.2, 0.25) is 0 Å². The van der Waals surface area contributed by atoms with E-state index < -0.39 is 16.8 Å². The highest BCUT2D eigenvalue weighted by atomic mass is 16.6. The van der Waals surface area contributed by atoms with Crippen LogP contribution in [0.5, 0.6) is 11.5 Å². The van der Waals surface area contributed by atoms with Crippen LogP contribution in [0.1, 0.15) is 48.3 Å². The van der Waals surface area contributed by atoms with E-state index >= 15 is 0 Å². The topological polar surface area (TPSA) is 117 Å². The van der Waals surface area contributed by atoms with Crippen molar-refractivity contribution in [3.8, 4) is 11.5 Å². The minimum Gasteiger partial charge on any atom is -0.493 e. The first-order valence-electron chi connectivity index (χ1n) is 11.5. The Kier molecular flexibility index (Phi) is 6.83. The molecule has 0 unspecified atom stereocenters. The minimum atomic E-state index is -0.771. The summed E-state index contributed by atoms with van der Waals surface area (Å²) in [7, 11) is 4.40. The van der Waals surface area contributed by atoms with E-state index in [0.29, 0.717) is 46.0 Å². The average Bonchev–Trinajstić information content (AvgIpc) is 2.87. The number of nitro groups is 1. The molecule has 0 radical (unpaired) electrons. The van der Waals surface area contributed by atoms with Crippen LogP contribution in [0.4, 0.5) is 5.69 Å². The number of carbonyl (C=O) groups excluding carboxylic acids is 2. The number of ketones is 1. The second-order valence-electron chi connectivity index (χ2n) is 8.93. The fraction of sp³-hybridized carbons (Fsp3) is 0.333. The first-order chi connectivity index (χ1) is 17.2. The van der Waals surface area contributed by atoms with Gasteiger partial charge < -0.3 is 19.5 Å². The molecule has 0 saturated carbocycles. The van der Waals surface area contributed by atoms with E-state index in [9.17, 15) is 19.7 Å². The van der Waals surface area contributed by atoms with Gasteiger partial charge in [-0.2, -0.15) is 0 Å². The summed E-state index contributed by atoms with van der Waals surface area (Å²) in [6.45, 7) is 3.40. The van der Waals surface area contributed by atoms with Crippen molar-refractivity contribution in [2.24, 2.45) is 0 Å². The fourth-order valence-corrected chi connectivity index (χ4v) is 5.10. The maximum atomic E-state index is 13.7. The number of hydrogen-bond acceptors (Lipinski definition) is 8. The predicted octanol–water partition coefficient (Wildman–Crippen LogP) is 4.46. The molecule has 4 rings (SSSR count). The Hall–Kier alpha value is -4.14. The normalized spacial score (nSPS) is 19.4. The summed E-state index contributed by atoms with van der Waals surface area (Å²) in [5.74, 6) is -0.439. The molecule has 1 N–H and O–H groups in total. The molecular formula is C27H28N2O7. The Morgan fingerprint density at radius 3 is 2.33 bits per heavy atom. The van der Waals surface area contributed by atoms with Gasteiger partial charge in [0.05, 0.1) is 31.8 Å². The summed E-state index contributed by atoms with van der Waals surface area (Å²) < 4.78 is 15.8. The lowest BCUT2D eigenvalue weighted by molar-refractivity contribution is -0.385. The Labute approximate surface area is 208 Å². The number of carbonyl (C=O) groups is 2. The summed E-state index contributed by atoms with van der Waals surface area (Å²) in [5.41, 5.74) is 3.82. The third kappa shape index (κ3) is 4.32. The lowest BCUT2D eigenvalue weighted by Crippen LogP contribution is -2.36. The van der Waals surface area contributed by atoms with Gasteiger partial charge in [-0.05, 0) is 49.4 Å². The number of benzene rings is 2. The molecule has 188 valence electrons. The van der Waals surface area contributed by atoms with Gasteiger partial charge in [0.25, 0.3) is 5.69 Å². The Morgan fingerprint density at radius 2 is 1.69 bits per heavy atom. The number of nitrogens with zero attached hydrogens (tertiary/aromatic N) is 1. The Morgan fingerprint density at radius 1 is 1.00 bits per heavy atom. The van der Waals surface area contributed by atoms with Gasteiger partial charge in [-0.3, -0.25) is 14.9 Å². The highest BCUT2D eigenvalue weighted by Crippen LogP contribution is 2.47. The van der Waals surface area contributed by atoms with Crippen LogP contribution in [0, 0.1) is 17.0 Å². The van der Waals surface area contributed by atoms with E-state index in [1.54, 1.807) is 40.2 Å². The Bertz CT molecular complexity index is 1330. The van der Waals surface area contributed by atoms with E-state index in [1.807, 2.05) is 18.2 Å². The van der Waals surface area contributed by atoms with Gasteiger partial charge in [0.15, 0.2) is 17.3 Å².